The Morgan fingerprint density at radius 2 is 1.76 bits per heavy atom. The van der Waals surface area contributed by atoms with Crippen LogP contribution in [0.5, 0.6) is 5.75 Å². The molecule has 4 nitrogen and oxygen atoms in total. The third kappa shape index (κ3) is 3.35. The third-order valence-electron chi connectivity index (χ3n) is 6.68. The summed E-state index contributed by atoms with van der Waals surface area (Å²) >= 11 is 1.46. The molecular formula is C29H24N2O2S. The summed E-state index contributed by atoms with van der Waals surface area (Å²) in [5.41, 5.74) is 7.85. The maximum absolute atomic E-state index is 13.8. The van der Waals surface area contributed by atoms with Crippen LogP contribution in [0.15, 0.2) is 88.2 Å². The van der Waals surface area contributed by atoms with Crippen LogP contribution in [0.3, 0.4) is 0 Å². The molecule has 6 rings (SSSR count). The van der Waals surface area contributed by atoms with Gasteiger partial charge in [-0.1, -0.05) is 83.6 Å². The molecule has 168 valence electrons. The van der Waals surface area contributed by atoms with E-state index in [1.807, 2.05) is 41.0 Å². The van der Waals surface area contributed by atoms with Crippen molar-refractivity contribution in [2.45, 2.75) is 25.8 Å². The van der Waals surface area contributed by atoms with Gasteiger partial charge in [-0.25, -0.2) is 4.99 Å². The molecule has 4 aromatic rings. The number of hydrogen-bond acceptors (Lipinski definition) is 4. The first-order valence-corrected chi connectivity index (χ1v) is 12.3. The van der Waals surface area contributed by atoms with Crippen LogP contribution in [-0.4, -0.2) is 11.7 Å². The number of nitrogens with zero attached hydrogens (tertiary/aromatic N) is 2. The highest BCUT2D eigenvalue weighted by Crippen LogP contribution is 2.43. The number of benzene rings is 3. The van der Waals surface area contributed by atoms with E-state index < -0.39 is 0 Å². The number of aryl methyl sites for hydroxylation is 2. The molecule has 0 fully saturated rings. The number of aromatic nitrogens is 1. The van der Waals surface area contributed by atoms with Gasteiger partial charge in [0, 0.05) is 11.1 Å². The Bertz CT molecular complexity index is 1620. The van der Waals surface area contributed by atoms with Crippen LogP contribution in [-0.2, 0) is 6.42 Å². The number of hydrogen-bond donors (Lipinski definition) is 0. The fraction of sp³-hybridized carbons (Fsp3) is 0.172. The average Bonchev–Trinajstić information content (AvgIpc) is 3.18. The summed E-state index contributed by atoms with van der Waals surface area (Å²) in [7, 11) is 1.69. The second-order valence-electron chi connectivity index (χ2n) is 8.77. The van der Waals surface area contributed by atoms with E-state index in [0.717, 1.165) is 40.2 Å². The number of fused-ring (bicyclic) bond motifs is 3. The number of allylic oxidation sites excluding steroid dienone is 1. The summed E-state index contributed by atoms with van der Waals surface area (Å²) < 4.78 is 8.30. The van der Waals surface area contributed by atoms with Gasteiger partial charge in [-0.2, -0.15) is 0 Å². The van der Waals surface area contributed by atoms with Crippen molar-refractivity contribution in [3.63, 3.8) is 0 Å². The number of para-hydroxylation sites is 1. The lowest BCUT2D eigenvalue weighted by atomic mass is 9.83. The molecule has 34 heavy (non-hydrogen) atoms. The second-order valence-corrected chi connectivity index (χ2v) is 9.78. The maximum Gasteiger partial charge on any atom is 0.271 e. The van der Waals surface area contributed by atoms with Crippen LogP contribution >= 0.6 is 11.3 Å². The molecular weight excluding hydrogens is 440 g/mol. The van der Waals surface area contributed by atoms with Gasteiger partial charge in [-0.05, 0) is 48.6 Å². The molecule has 1 aliphatic heterocycles. The van der Waals surface area contributed by atoms with Crippen LogP contribution < -0.4 is 19.6 Å². The van der Waals surface area contributed by atoms with Gasteiger partial charge in [0.2, 0.25) is 0 Å². The van der Waals surface area contributed by atoms with Gasteiger partial charge in [0.1, 0.15) is 5.75 Å². The van der Waals surface area contributed by atoms with Gasteiger partial charge in [-0.3, -0.25) is 9.36 Å². The minimum Gasteiger partial charge on any atom is -0.496 e. The van der Waals surface area contributed by atoms with E-state index in [1.165, 1.54) is 33.6 Å². The van der Waals surface area contributed by atoms with Crippen molar-refractivity contribution in [3.8, 4) is 5.75 Å². The highest BCUT2D eigenvalue weighted by molar-refractivity contribution is 7.07. The lowest BCUT2D eigenvalue weighted by molar-refractivity contribution is 0.402. The zero-order valence-electron chi connectivity index (χ0n) is 19.1. The molecule has 2 heterocycles. The van der Waals surface area contributed by atoms with Crippen molar-refractivity contribution >= 4 is 23.1 Å². The zero-order chi connectivity index (χ0) is 23.2. The first-order chi connectivity index (χ1) is 16.6. The molecule has 0 N–H and O–H groups in total. The molecule has 1 atom stereocenters. The summed E-state index contributed by atoms with van der Waals surface area (Å²) in [6.07, 6.45) is 3.77. The molecule has 0 saturated heterocycles. The quantitative estimate of drug-likeness (QED) is 0.444. The molecule has 0 amide bonds. The van der Waals surface area contributed by atoms with Crippen molar-refractivity contribution in [3.05, 3.63) is 126 Å². The monoisotopic (exact) mass is 464 g/mol. The first-order valence-electron chi connectivity index (χ1n) is 11.5. The minimum atomic E-state index is -0.240. The van der Waals surface area contributed by atoms with Crippen molar-refractivity contribution in [1.29, 1.82) is 0 Å². The fourth-order valence-corrected chi connectivity index (χ4v) is 6.01. The highest BCUT2D eigenvalue weighted by atomic mass is 32.1. The van der Waals surface area contributed by atoms with Crippen molar-refractivity contribution in [2.24, 2.45) is 4.99 Å². The van der Waals surface area contributed by atoms with Gasteiger partial charge in [0.25, 0.3) is 5.56 Å². The Morgan fingerprint density at radius 3 is 2.59 bits per heavy atom. The Balaban J connectivity index is 1.64. The molecule has 0 bridgehead atoms. The predicted octanol–water partition coefficient (Wildman–Crippen LogP) is 4.64. The summed E-state index contributed by atoms with van der Waals surface area (Å²) in [6.45, 7) is 2.06. The second kappa shape index (κ2) is 8.26. The highest BCUT2D eigenvalue weighted by Gasteiger charge is 2.33. The van der Waals surface area contributed by atoms with Gasteiger partial charge < -0.3 is 4.74 Å². The normalized spacial score (nSPS) is 17.0. The topological polar surface area (TPSA) is 43.6 Å². The van der Waals surface area contributed by atoms with Crippen LogP contribution in [0, 0.1) is 6.92 Å². The van der Waals surface area contributed by atoms with Crippen LogP contribution in [0.4, 0.5) is 0 Å². The smallest absolute Gasteiger partial charge is 0.271 e. The summed E-state index contributed by atoms with van der Waals surface area (Å²) in [5.74, 6) is 0.785. The Labute approximate surface area is 201 Å². The largest absolute Gasteiger partial charge is 0.496 e. The molecule has 3 aromatic carbocycles. The molecule has 0 spiro atoms. The van der Waals surface area contributed by atoms with E-state index in [1.54, 1.807) is 7.11 Å². The molecule has 0 radical (unpaired) electrons. The van der Waals surface area contributed by atoms with Gasteiger partial charge in [0.05, 0.1) is 23.4 Å². The third-order valence-corrected chi connectivity index (χ3v) is 7.66. The maximum atomic E-state index is 13.8. The number of thiazole rings is 1. The first kappa shape index (κ1) is 20.9. The van der Waals surface area contributed by atoms with Gasteiger partial charge in [0.15, 0.2) is 4.80 Å². The lowest BCUT2D eigenvalue weighted by Crippen LogP contribution is -2.38. The van der Waals surface area contributed by atoms with E-state index in [9.17, 15) is 4.79 Å². The SMILES string of the molecule is COc1ccccc1[C@H]1C2=C(N=c3s/c(=C\c4ccc(C)cc4)c(=O)n31)c1ccccc1CC2. The van der Waals surface area contributed by atoms with Crippen molar-refractivity contribution in [2.75, 3.05) is 7.11 Å². The van der Waals surface area contributed by atoms with Gasteiger partial charge in [-0.15, -0.1) is 0 Å². The summed E-state index contributed by atoms with van der Waals surface area (Å²) in [4.78, 5) is 19.6. The Kier molecular flexibility index (Phi) is 5.07. The lowest BCUT2D eigenvalue weighted by Gasteiger charge is -2.31. The molecule has 1 aromatic heterocycles. The van der Waals surface area contributed by atoms with E-state index in [-0.39, 0.29) is 11.6 Å². The Morgan fingerprint density at radius 1 is 1.00 bits per heavy atom. The fourth-order valence-electron chi connectivity index (χ4n) is 5.01. The van der Waals surface area contributed by atoms with E-state index >= 15 is 0 Å². The predicted molar refractivity (Wildman–Crippen MR) is 137 cm³/mol. The van der Waals surface area contributed by atoms with Gasteiger partial charge >= 0.3 is 0 Å². The molecule has 5 heteroatoms. The van der Waals surface area contributed by atoms with Crippen molar-refractivity contribution < 1.29 is 4.74 Å². The minimum absolute atomic E-state index is 0.00867. The molecule has 0 saturated carbocycles. The molecule has 2 aliphatic rings. The summed E-state index contributed by atoms with van der Waals surface area (Å²) in [6, 6.07) is 24.5. The molecule has 0 unspecified atom stereocenters. The molecule has 1 aliphatic carbocycles. The van der Waals surface area contributed by atoms with Crippen LogP contribution in [0.1, 0.15) is 40.3 Å². The summed E-state index contributed by atoms with van der Waals surface area (Å²) in [5, 5.41) is 0. The van der Waals surface area contributed by atoms with E-state index in [4.69, 9.17) is 9.73 Å². The number of ether oxygens (including phenoxy) is 1. The average molecular weight is 465 g/mol. The Hall–Kier alpha value is -3.70. The zero-order valence-corrected chi connectivity index (χ0v) is 19.9. The van der Waals surface area contributed by atoms with E-state index in [2.05, 4.69) is 49.4 Å². The standard InChI is InChI=1S/C29H24N2O2S/c1-18-11-13-19(14-12-18)17-25-28(32)31-27(22-9-5-6-10-24(22)33-2)23-16-15-20-7-3-4-8-21(20)26(23)30-29(31)34-25/h3-14,17,27H,15-16H2,1-2H3/b25-17-/t27-/m0/s1. The van der Waals surface area contributed by atoms with Crippen molar-refractivity contribution in [1.82, 2.24) is 4.57 Å². The number of rotatable bonds is 3. The van der Waals surface area contributed by atoms with Crippen LogP contribution in [0.2, 0.25) is 0 Å². The van der Waals surface area contributed by atoms with E-state index in [0.29, 0.717) is 4.53 Å². The number of methoxy groups -OCH3 is 1. The van der Waals surface area contributed by atoms with Crippen LogP contribution in [0.25, 0.3) is 11.8 Å².